The van der Waals surface area contributed by atoms with Crippen molar-refractivity contribution in [2.45, 2.75) is 40.2 Å². The van der Waals surface area contributed by atoms with Crippen LogP contribution in [0.4, 0.5) is 0 Å². The van der Waals surface area contributed by atoms with E-state index >= 15 is 0 Å². The van der Waals surface area contributed by atoms with E-state index in [0.29, 0.717) is 0 Å². The zero-order chi connectivity index (χ0) is 21.4. The molecule has 8 heteroatoms. The van der Waals surface area contributed by atoms with Gasteiger partial charge in [0.2, 0.25) is 0 Å². The normalized spacial score (nSPS) is 12.3. The van der Waals surface area contributed by atoms with Gasteiger partial charge >= 0.3 is 0 Å². The average Bonchev–Trinajstić information content (AvgIpc) is 3.40. The summed E-state index contributed by atoms with van der Waals surface area (Å²) >= 11 is 1.46. The Morgan fingerprint density at radius 2 is 1.93 bits per heavy atom. The van der Waals surface area contributed by atoms with Gasteiger partial charge in [0.25, 0.3) is 5.91 Å². The summed E-state index contributed by atoms with van der Waals surface area (Å²) in [4.78, 5) is 29.9. The summed E-state index contributed by atoms with van der Waals surface area (Å²) in [5, 5.41) is 5.14. The monoisotopic (exact) mass is 420 g/mol. The molecule has 1 aromatic carbocycles. The van der Waals surface area contributed by atoms with Crippen molar-refractivity contribution in [3.05, 3.63) is 64.4 Å². The summed E-state index contributed by atoms with van der Waals surface area (Å²) in [7, 11) is 1.85. The third-order valence-corrected chi connectivity index (χ3v) is 6.66. The molecule has 30 heavy (non-hydrogen) atoms. The molecule has 4 aromatic rings. The van der Waals surface area contributed by atoms with Crippen molar-refractivity contribution < 1.29 is 4.79 Å². The summed E-state index contributed by atoms with van der Waals surface area (Å²) in [5.74, 6) is 0.815. The van der Waals surface area contributed by atoms with Crippen LogP contribution in [0.2, 0.25) is 0 Å². The molecule has 0 N–H and O–H groups in total. The highest BCUT2D eigenvalue weighted by atomic mass is 32.1. The van der Waals surface area contributed by atoms with E-state index in [1.165, 1.54) is 17.7 Å². The summed E-state index contributed by atoms with van der Waals surface area (Å²) in [6.07, 6.45) is 3.94. The van der Waals surface area contributed by atoms with Gasteiger partial charge in [-0.2, -0.15) is 5.10 Å². The topological polar surface area (TPSA) is 76.8 Å². The summed E-state index contributed by atoms with van der Waals surface area (Å²) in [6, 6.07) is 7.92. The van der Waals surface area contributed by atoms with Gasteiger partial charge in [0.05, 0.1) is 16.6 Å². The molecule has 0 saturated heterocycles. The van der Waals surface area contributed by atoms with Gasteiger partial charge in [-0.25, -0.2) is 19.6 Å². The largest absolute Gasteiger partial charge is 0.334 e. The molecule has 0 radical (unpaired) electrons. The molecule has 7 nitrogen and oxygen atoms in total. The lowest BCUT2D eigenvalue weighted by molar-refractivity contribution is 0.0747. The molecule has 1 amide bonds. The van der Waals surface area contributed by atoms with Crippen LogP contribution in [0.1, 0.15) is 52.2 Å². The molecule has 1 unspecified atom stereocenters. The molecule has 154 valence electrons. The third kappa shape index (κ3) is 3.47. The number of fused-ring (bicyclic) bond motifs is 1. The van der Waals surface area contributed by atoms with Crippen molar-refractivity contribution in [1.82, 2.24) is 29.6 Å². The number of hydrogen-bond donors (Lipinski definition) is 0. The molecule has 4 rings (SSSR count). The zero-order valence-corrected chi connectivity index (χ0v) is 18.6. The minimum Gasteiger partial charge on any atom is -0.334 e. The van der Waals surface area contributed by atoms with E-state index in [2.05, 4.69) is 20.1 Å². The Morgan fingerprint density at radius 3 is 2.57 bits per heavy atom. The fourth-order valence-electron chi connectivity index (χ4n) is 3.56. The SMILES string of the molecule is CCc1nc(C)c2c(C)c(C(=O)N(C)C(C)c3ccc(-n4cncn4)cc3)sc2n1. The fourth-order valence-corrected chi connectivity index (χ4v) is 4.80. The van der Waals surface area contributed by atoms with Gasteiger partial charge in [-0.15, -0.1) is 11.3 Å². The van der Waals surface area contributed by atoms with Crippen molar-refractivity contribution in [2.24, 2.45) is 0 Å². The molecule has 3 heterocycles. The first kappa shape index (κ1) is 20.2. The number of aromatic nitrogens is 5. The smallest absolute Gasteiger partial charge is 0.264 e. The van der Waals surface area contributed by atoms with Crippen molar-refractivity contribution >= 4 is 27.5 Å². The molecule has 0 fully saturated rings. The van der Waals surface area contributed by atoms with Gasteiger partial charge < -0.3 is 4.90 Å². The molecule has 0 spiro atoms. The number of benzene rings is 1. The van der Waals surface area contributed by atoms with E-state index in [-0.39, 0.29) is 11.9 Å². The third-order valence-electron chi connectivity index (χ3n) is 5.49. The summed E-state index contributed by atoms with van der Waals surface area (Å²) in [5.41, 5.74) is 3.88. The van der Waals surface area contributed by atoms with Crippen molar-refractivity contribution in [3.8, 4) is 5.69 Å². The predicted molar refractivity (Wildman–Crippen MR) is 118 cm³/mol. The summed E-state index contributed by atoms with van der Waals surface area (Å²) < 4.78 is 1.71. The lowest BCUT2D eigenvalue weighted by Gasteiger charge is -2.25. The van der Waals surface area contributed by atoms with Gasteiger partial charge in [0.1, 0.15) is 23.3 Å². The van der Waals surface area contributed by atoms with Crippen LogP contribution >= 0.6 is 11.3 Å². The maximum Gasteiger partial charge on any atom is 0.264 e. The first-order valence-electron chi connectivity index (χ1n) is 9.89. The second-order valence-electron chi connectivity index (χ2n) is 7.34. The molecular formula is C22H24N6OS. The van der Waals surface area contributed by atoms with Gasteiger partial charge in [-0.3, -0.25) is 4.79 Å². The lowest BCUT2D eigenvalue weighted by atomic mass is 10.1. The minimum absolute atomic E-state index is 0.000742. The van der Waals surface area contributed by atoms with Crippen LogP contribution in [-0.4, -0.2) is 42.6 Å². The quantitative estimate of drug-likeness (QED) is 0.481. The van der Waals surface area contributed by atoms with E-state index in [9.17, 15) is 4.79 Å². The van der Waals surface area contributed by atoms with Crippen LogP contribution in [-0.2, 0) is 6.42 Å². The molecule has 0 aliphatic heterocycles. The van der Waals surface area contributed by atoms with E-state index in [1.54, 1.807) is 15.9 Å². The number of thiophene rings is 1. The highest BCUT2D eigenvalue weighted by Crippen LogP contribution is 2.33. The second kappa shape index (κ2) is 7.95. The number of nitrogens with zero attached hydrogens (tertiary/aromatic N) is 6. The van der Waals surface area contributed by atoms with Crippen LogP contribution in [0.3, 0.4) is 0 Å². The first-order chi connectivity index (χ1) is 14.4. The van der Waals surface area contributed by atoms with Gasteiger partial charge in [0, 0.05) is 24.5 Å². The van der Waals surface area contributed by atoms with Crippen LogP contribution in [0.25, 0.3) is 15.9 Å². The molecule has 0 bridgehead atoms. The van der Waals surface area contributed by atoms with Crippen LogP contribution < -0.4 is 0 Å². The molecule has 1 atom stereocenters. The molecule has 3 aromatic heterocycles. The Bertz CT molecular complexity index is 1200. The Balaban J connectivity index is 1.61. The Hall–Kier alpha value is -3.13. The first-order valence-corrected chi connectivity index (χ1v) is 10.7. The second-order valence-corrected chi connectivity index (χ2v) is 8.34. The zero-order valence-electron chi connectivity index (χ0n) is 17.7. The number of rotatable bonds is 5. The Kier molecular flexibility index (Phi) is 5.34. The number of hydrogen-bond acceptors (Lipinski definition) is 6. The summed E-state index contributed by atoms with van der Waals surface area (Å²) in [6.45, 7) is 8.04. The minimum atomic E-state index is -0.0784. The highest BCUT2D eigenvalue weighted by Gasteiger charge is 2.25. The number of amides is 1. The van der Waals surface area contributed by atoms with Crippen molar-refractivity contribution in [1.29, 1.82) is 0 Å². The lowest BCUT2D eigenvalue weighted by Crippen LogP contribution is -2.29. The Morgan fingerprint density at radius 1 is 1.20 bits per heavy atom. The maximum absolute atomic E-state index is 13.3. The highest BCUT2D eigenvalue weighted by molar-refractivity contribution is 7.20. The standard InChI is InChI=1S/C22H24N6OS/c1-6-18-25-14(3)19-13(2)20(30-21(19)26-18)22(29)27(5)15(4)16-7-9-17(10-8-16)28-12-23-11-24-28/h7-12,15H,6H2,1-5H3. The van der Waals surface area contributed by atoms with Crippen molar-refractivity contribution in [2.75, 3.05) is 7.05 Å². The average molecular weight is 421 g/mol. The van der Waals surface area contributed by atoms with Crippen LogP contribution in [0, 0.1) is 13.8 Å². The molecule has 0 saturated carbocycles. The maximum atomic E-state index is 13.3. The number of carbonyl (C=O) groups is 1. The number of carbonyl (C=O) groups excluding carboxylic acids is 1. The van der Waals surface area contributed by atoms with E-state index in [1.807, 2.05) is 59.0 Å². The van der Waals surface area contributed by atoms with Crippen LogP contribution in [0.5, 0.6) is 0 Å². The van der Waals surface area contributed by atoms with Crippen molar-refractivity contribution in [3.63, 3.8) is 0 Å². The Labute approximate surface area is 179 Å². The predicted octanol–water partition coefficient (Wildman–Crippen LogP) is 4.28. The molecular weight excluding hydrogens is 396 g/mol. The fraction of sp³-hybridized carbons (Fsp3) is 0.318. The van der Waals surface area contributed by atoms with Gasteiger partial charge in [0.15, 0.2) is 0 Å². The van der Waals surface area contributed by atoms with E-state index in [4.69, 9.17) is 0 Å². The number of aryl methyl sites for hydroxylation is 3. The van der Waals surface area contributed by atoms with Crippen LogP contribution in [0.15, 0.2) is 36.9 Å². The molecule has 0 aliphatic rings. The van der Waals surface area contributed by atoms with Gasteiger partial charge in [-0.1, -0.05) is 19.1 Å². The molecule has 0 aliphatic carbocycles. The van der Waals surface area contributed by atoms with E-state index in [0.717, 1.165) is 49.8 Å². The van der Waals surface area contributed by atoms with Gasteiger partial charge in [-0.05, 0) is 44.0 Å². The van der Waals surface area contributed by atoms with E-state index < -0.39 is 0 Å².